The van der Waals surface area contributed by atoms with Crippen LogP contribution in [-0.2, 0) is 4.79 Å². The Balaban J connectivity index is 1.32. The van der Waals surface area contributed by atoms with Crippen LogP contribution in [0, 0.1) is 0 Å². The summed E-state index contributed by atoms with van der Waals surface area (Å²) in [4.78, 5) is 36.4. The molecule has 8 nitrogen and oxygen atoms in total. The minimum absolute atomic E-state index is 0.00272. The summed E-state index contributed by atoms with van der Waals surface area (Å²) in [6, 6.07) is 20.1. The molecule has 1 aliphatic heterocycles. The van der Waals surface area contributed by atoms with Crippen LogP contribution < -0.4 is 10.2 Å². The van der Waals surface area contributed by atoms with Crippen LogP contribution in [0.2, 0.25) is 0 Å². The molecule has 0 unspecified atom stereocenters. The molecule has 1 aliphatic rings. The molecule has 4 aromatic rings. The van der Waals surface area contributed by atoms with Gasteiger partial charge in [-0.2, -0.15) is 0 Å². The highest BCUT2D eigenvalue weighted by Gasteiger charge is 2.15. The molecule has 0 saturated carbocycles. The molecule has 0 spiro atoms. The molecule has 1 aromatic heterocycles. The molecular weight excluding hydrogens is 466 g/mol. The van der Waals surface area contributed by atoms with Crippen molar-refractivity contribution in [3.05, 3.63) is 83.4 Å². The summed E-state index contributed by atoms with van der Waals surface area (Å²) in [5.74, 6) is -0.323. The first-order chi connectivity index (χ1) is 17.9. The highest BCUT2D eigenvalue weighted by atomic mass is 16.3. The highest BCUT2D eigenvalue weighted by molar-refractivity contribution is 6.12. The number of rotatable bonds is 6. The lowest BCUT2D eigenvalue weighted by atomic mass is 10.0. The molecule has 1 saturated heterocycles. The van der Waals surface area contributed by atoms with Crippen molar-refractivity contribution in [2.75, 3.05) is 43.4 Å². The van der Waals surface area contributed by atoms with Gasteiger partial charge in [0.05, 0.1) is 11.3 Å². The monoisotopic (exact) mass is 495 g/mol. The maximum atomic E-state index is 13.0. The predicted molar refractivity (Wildman–Crippen MR) is 148 cm³/mol. The lowest BCUT2D eigenvalue weighted by molar-refractivity contribution is -0.114. The second kappa shape index (κ2) is 10.3. The number of nitrogens with one attached hydrogen (secondary N) is 2. The fraction of sp³-hybridized carbons (Fsp3) is 0.207. The van der Waals surface area contributed by atoms with E-state index in [9.17, 15) is 14.7 Å². The Bertz CT molecular complexity index is 1460. The van der Waals surface area contributed by atoms with E-state index in [1.807, 2.05) is 18.2 Å². The van der Waals surface area contributed by atoms with Gasteiger partial charge in [0.15, 0.2) is 11.7 Å². The maximum absolute atomic E-state index is 13.0. The average molecular weight is 496 g/mol. The van der Waals surface area contributed by atoms with Gasteiger partial charge in [-0.3, -0.25) is 14.6 Å². The Kier molecular flexibility index (Phi) is 6.74. The number of hydrogen-bond acceptors (Lipinski definition) is 6. The van der Waals surface area contributed by atoms with Gasteiger partial charge < -0.3 is 25.2 Å². The second-order valence-electron chi connectivity index (χ2n) is 9.30. The number of aromatic nitrogens is 1. The van der Waals surface area contributed by atoms with Crippen LogP contribution in [0.1, 0.15) is 28.4 Å². The second-order valence-corrected chi connectivity index (χ2v) is 9.30. The number of ketones is 1. The van der Waals surface area contributed by atoms with E-state index < -0.39 is 0 Å². The Morgan fingerprint density at radius 2 is 1.62 bits per heavy atom. The Hall–Kier alpha value is -4.43. The van der Waals surface area contributed by atoms with E-state index in [0.29, 0.717) is 27.9 Å². The van der Waals surface area contributed by atoms with E-state index in [0.717, 1.165) is 37.3 Å². The Labute approximate surface area is 215 Å². The van der Waals surface area contributed by atoms with Gasteiger partial charge in [-0.1, -0.05) is 12.1 Å². The number of carbonyl (C=O) groups excluding carboxylic acids is 2. The standard InChI is InChI=1S/C29H29N5O3/c1-19(35)31-23-6-3-20(4-7-23)28(36)21-5-12-25-26(29(37)32-27(25)17-21)18-30-22-8-10-24(11-9-22)34-15-13-33(2)14-16-34/h3-12,17-18,32,37H,13-16H2,1-2H3,(H,31,35). The first kappa shape index (κ1) is 24.3. The number of aromatic hydroxyl groups is 1. The quantitative estimate of drug-likeness (QED) is 0.269. The lowest BCUT2D eigenvalue weighted by Crippen LogP contribution is -2.44. The third-order valence-corrected chi connectivity index (χ3v) is 6.61. The summed E-state index contributed by atoms with van der Waals surface area (Å²) >= 11 is 0. The molecule has 8 heteroatoms. The summed E-state index contributed by atoms with van der Waals surface area (Å²) in [7, 11) is 2.14. The molecule has 1 fully saturated rings. The SMILES string of the molecule is CC(=O)Nc1ccc(C(=O)c2ccc3c(C=Nc4ccc(N5CCN(C)CC5)cc4)c(O)[nH]c3c2)cc1. The van der Waals surface area contributed by atoms with Gasteiger partial charge in [-0.15, -0.1) is 0 Å². The molecule has 3 N–H and O–H groups in total. The summed E-state index contributed by atoms with van der Waals surface area (Å²) in [5, 5.41) is 14.0. The van der Waals surface area contributed by atoms with Gasteiger partial charge >= 0.3 is 0 Å². The normalized spacial score (nSPS) is 14.4. The molecule has 188 valence electrons. The van der Waals surface area contributed by atoms with E-state index in [4.69, 9.17) is 0 Å². The summed E-state index contributed by atoms with van der Waals surface area (Å²) in [5.41, 5.74) is 4.81. The van der Waals surface area contributed by atoms with Gasteiger partial charge in [0.25, 0.3) is 0 Å². The summed E-state index contributed by atoms with van der Waals surface area (Å²) < 4.78 is 0. The van der Waals surface area contributed by atoms with Crippen molar-refractivity contribution in [3.63, 3.8) is 0 Å². The maximum Gasteiger partial charge on any atom is 0.221 e. The van der Waals surface area contributed by atoms with E-state index in [2.05, 4.69) is 44.3 Å². The van der Waals surface area contributed by atoms with E-state index in [1.165, 1.54) is 12.6 Å². The van der Waals surface area contributed by atoms with Crippen molar-refractivity contribution in [1.29, 1.82) is 0 Å². The van der Waals surface area contributed by atoms with Crippen molar-refractivity contribution in [3.8, 4) is 5.88 Å². The van der Waals surface area contributed by atoms with Gasteiger partial charge in [0, 0.05) is 72.7 Å². The van der Waals surface area contributed by atoms with E-state index in [1.54, 1.807) is 42.6 Å². The van der Waals surface area contributed by atoms with Crippen molar-refractivity contribution < 1.29 is 14.7 Å². The number of nitrogens with zero attached hydrogens (tertiary/aromatic N) is 3. The number of aliphatic imine (C=N–C) groups is 1. The molecular formula is C29H29N5O3. The number of carbonyl (C=O) groups is 2. The van der Waals surface area contributed by atoms with Crippen LogP contribution in [0.3, 0.4) is 0 Å². The fourth-order valence-electron chi connectivity index (χ4n) is 4.51. The highest BCUT2D eigenvalue weighted by Crippen LogP contribution is 2.28. The average Bonchev–Trinajstić information content (AvgIpc) is 3.22. The number of H-pyrrole nitrogens is 1. The van der Waals surface area contributed by atoms with Gasteiger partial charge in [0.2, 0.25) is 5.91 Å². The van der Waals surface area contributed by atoms with Crippen LogP contribution in [0.15, 0.2) is 71.7 Å². The third-order valence-electron chi connectivity index (χ3n) is 6.61. The topological polar surface area (TPSA) is 101 Å². The van der Waals surface area contributed by atoms with E-state index >= 15 is 0 Å². The minimum atomic E-state index is -0.168. The molecule has 0 radical (unpaired) electrons. The number of aromatic amines is 1. The molecule has 0 aliphatic carbocycles. The zero-order chi connectivity index (χ0) is 25.9. The number of likely N-dealkylation sites (N-methyl/N-ethyl adjacent to an activating group) is 1. The van der Waals surface area contributed by atoms with Crippen LogP contribution in [-0.4, -0.2) is 66.1 Å². The minimum Gasteiger partial charge on any atom is -0.494 e. The van der Waals surface area contributed by atoms with Gasteiger partial charge in [-0.05, 0) is 61.6 Å². The number of benzene rings is 3. The van der Waals surface area contributed by atoms with Crippen LogP contribution in [0.4, 0.5) is 17.1 Å². The lowest BCUT2D eigenvalue weighted by Gasteiger charge is -2.34. The van der Waals surface area contributed by atoms with Crippen LogP contribution in [0.25, 0.3) is 10.9 Å². The van der Waals surface area contributed by atoms with Crippen molar-refractivity contribution in [1.82, 2.24) is 9.88 Å². The van der Waals surface area contributed by atoms with Gasteiger partial charge in [0.1, 0.15) is 0 Å². The van der Waals surface area contributed by atoms with Crippen LogP contribution >= 0.6 is 0 Å². The van der Waals surface area contributed by atoms with E-state index in [-0.39, 0.29) is 17.6 Å². The molecule has 1 amide bonds. The van der Waals surface area contributed by atoms with Gasteiger partial charge in [-0.25, -0.2) is 0 Å². The zero-order valence-electron chi connectivity index (χ0n) is 20.9. The summed E-state index contributed by atoms with van der Waals surface area (Å²) in [6.45, 7) is 5.56. The largest absolute Gasteiger partial charge is 0.494 e. The van der Waals surface area contributed by atoms with Crippen molar-refractivity contribution in [2.24, 2.45) is 4.99 Å². The van der Waals surface area contributed by atoms with Crippen molar-refractivity contribution >= 4 is 45.9 Å². The van der Waals surface area contributed by atoms with Crippen LogP contribution in [0.5, 0.6) is 5.88 Å². The molecule has 0 atom stereocenters. The fourth-order valence-corrected chi connectivity index (χ4v) is 4.51. The summed E-state index contributed by atoms with van der Waals surface area (Å²) in [6.07, 6.45) is 1.64. The molecule has 3 aromatic carbocycles. The number of fused-ring (bicyclic) bond motifs is 1. The molecule has 37 heavy (non-hydrogen) atoms. The smallest absolute Gasteiger partial charge is 0.221 e. The first-order valence-electron chi connectivity index (χ1n) is 12.2. The molecule has 0 bridgehead atoms. The number of hydrogen-bond donors (Lipinski definition) is 3. The number of piperazine rings is 1. The molecule has 5 rings (SSSR count). The zero-order valence-corrected chi connectivity index (χ0v) is 20.9. The first-order valence-corrected chi connectivity index (χ1v) is 12.2. The van der Waals surface area contributed by atoms with Crippen molar-refractivity contribution in [2.45, 2.75) is 6.92 Å². The number of amides is 1. The molecule has 2 heterocycles. The third kappa shape index (κ3) is 5.39. The predicted octanol–water partition coefficient (Wildman–Crippen LogP) is 4.57. The number of anilines is 2. The Morgan fingerprint density at radius 1 is 0.946 bits per heavy atom. The Morgan fingerprint density at radius 3 is 2.30 bits per heavy atom.